The Hall–Kier alpha value is -1.58. The molecule has 2 aliphatic carbocycles. The highest BCUT2D eigenvalue weighted by Crippen LogP contribution is 2.36. The molecule has 4 heteroatoms. The van der Waals surface area contributed by atoms with Gasteiger partial charge >= 0.3 is 0 Å². The Kier molecular flexibility index (Phi) is 4.35. The number of nitrogens with one attached hydrogen (secondary N) is 1. The van der Waals surface area contributed by atoms with E-state index in [1.165, 1.54) is 22.9 Å². The molecular weight excluding hydrogens is 308 g/mol. The first kappa shape index (κ1) is 16.3. The van der Waals surface area contributed by atoms with Crippen molar-refractivity contribution in [2.24, 2.45) is 5.73 Å². The molecule has 3 N–H and O–H groups in total. The van der Waals surface area contributed by atoms with E-state index >= 15 is 0 Å². The fourth-order valence-electron chi connectivity index (χ4n) is 4.01. The predicted octanol–water partition coefficient (Wildman–Crippen LogP) is 3.96. The minimum absolute atomic E-state index is 0. The summed E-state index contributed by atoms with van der Waals surface area (Å²) < 4.78 is 0. The zero-order valence-electron chi connectivity index (χ0n) is 13.2. The third-order valence-corrected chi connectivity index (χ3v) is 5.32. The maximum absolute atomic E-state index is 12.7. The summed E-state index contributed by atoms with van der Waals surface area (Å²) in [4.78, 5) is 12.7. The predicted molar refractivity (Wildman–Crippen MR) is 97.2 cm³/mol. The first-order chi connectivity index (χ1) is 10.7. The summed E-state index contributed by atoms with van der Waals surface area (Å²) in [5.74, 6) is -0.0223. The monoisotopic (exact) mass is 330 g/mol. The topological polar surface area (TPSA) is 55.1 Å². The van der Waals surface area contributed by atoms with E-state index in [4.69, 9.17) is 5.73 Å². The Morgan fingerprint density at radius 2 is 1.70 bits per heavy atom. The summed E-state index contributed by atoms with van der Waals surface area (Å²) in [5, 5.41) is 5.60. The Morgan fingerprint density at radius 3 is 2.43 bits per heavy atom. The Morgan fingerprint density at radius 1 is 1.00 bits per heavy atom. The Labute approximate surface area is 143 Å². The second-order valence-corrected chi connectivity index (χ2v) is 6.78. The lowest BCUT2D eigenvalue weighted by atomic mass is 9.82. The zero-order valence-corrected chi connectivity index (χ0v) is 14.0. The molecule has 1 saturated carbocycles. The molecule has 122 valence electrons. The lowest BCUT2D eigenvalue weighted by Gasteiger charge is -2.32. The van der Waals surface area contributed by atoms with Gasteiger partial charge in [-0.05, 0) is 48.3 Å². The summed E-state index contributed by atoms with van der Waals surface area (Å²) in [5.41, 5.74) is 9.35. The summed E-state index contributed by atoms with van der Waals surface area (Å²) in [6.45, 7) is 0. The van der Waals surface area contributed by atoms with Crippen LogP contribution in [0.15, 0.2) is 30.3 Å². The quantitative estimate of drug-likeness (QED) is 0.875. The van der Waals surface area contributed by atoms with E-state index in [2.05, 4.69) is 29.6 Å². The van der Waals surface area contributed by atoms with Crippen LogP contribution in [0, 0.1) is 0 Å². The fourth-order valence-corrected chi connectivity index (χ4v) is 4.01. The minimum atomic E-state index is -0.693. The first-order valence-corrected chi connectivity index (χ1v) is 8.31. The van der Waals surface area contributed by atoms with Crippen molar-refractivity contribution in [1.82, 2.24) is 0 Å². The van der Waals surface area contributed by atoms with Crippen LogP contribution in [0.2, 0.25) is 0 Å². The van der Waals surface area contributed by atoms with Gasteiger partial charge in [-0.15, -0.1) is 12.4 Å². The molecule has 0 heterocycles. The molecular formula is C19H23ClN2O. The van der Waals surface area contributed by atoms with Gasteiger partial charge in [-0.1, -0.05) is 43.5 Å². The van der Waals surface area contributed by atoms with Crippen molar-refractivity contribution in [1.29, 1.82) is 0 Å². The number of hydrogen-bond donors (Lipinski definition) is 2. The van der Waals surface area contributed by atoms with Gasteiger partial charge in [0.25, 0.3) is 0 Å². The van der Waals surface area contributed by atoms with Gasteiger partial charge in [-0.25, -0.2) is 0 Å². The smallest absolute Gasteiger partial charge is 0.244 e. The van der Waals surface area contributed by atoms with Gasteiger partial charge in [-0.2, -0.15) is 0 Å². The lowest BCUT2D eigenvalue weighted by Crippen LogP contribution is -2.52. The van der Waals surface area contributed by atoms with Gasteiger partial charge in [0, 0.05) is 11.1 Å². The molecule has 0 aromatic heterocycles. The lowest BCUT2D eigenvalue weighted by molar-refractivity contribution is -0.122. The molecule has 0 saturated heterocycles. The average molecular weight is 331 g/mol. The van der Waals surface area contributed by atoms with Crippen molar-refractivity contribution in [2.45, 2.75) is 50.5 Å². The molecule has 3 nitrogen and oxygen atoms in total. The fraction of sp³-hybridized carbons (Fsp3) is 0.421. The van der Waals surface area contributed by atoms with E-state index in [1.54, 1.807) is 0 Å². The van der Waals surface area contributed by atoms with Crippen LogP contribution in [0.3, 0.4) is 0 Å². The van der Waals surface area contributed by atoms with Gasteiger partial charge in [0.2, 0.25) is 5.91 Å². The van der Waals surface area contributed by atoms with E-state index in [1.807, 2.05) is 6.07 Å². The highest BCUT2D eigenvalue weighted by Gasteiger charge is 2.35. The molecule has 0 unspecified atom stereocenters. The van der Waals surface area contributed by atoms with Crippen molar-refractivity contribution in [3.05, 3.63) is 41.5 Å². The highest BCUT2D eigenvalue weighted by molar-refractivity contribution is 6.07. The van der Waals surface area contributed by atoms with Crippen LogP contribution >= 0.6 is 12.4 Å². The number of rotatable bonds is 2. The minimum Gasteiger partial charge on any atom is -0.324 e. The van der Waals surface area contributed by atoms with Crippen LogP contribution < -0.4 is 11.1 Å². The van der Waals surface area contributed by atoms with Crippen LogP contribution in [0.5, 0.6) is 0 Å². The van der Waals surface area contributed by atoms with Gasteiger partial charge in [0.15, 0.2) is 0 Å². The normalized spacial score (nSPS) is 18.5. The van der Waals surface area contributed by atoms with Crippen LogP contribution in [-0.2, 0) is 17.6 Å². The van der Waals surface area contributed by atoms with Gasteiger partial charge in [0.05, 0.1) is 5.54 Å². The Balaban J connectivity index is 0.00000156. The summed E-state index contributed by atoms with van der Waals surface area (Å²) >= 11 is 0. The molecule has 2 aromatic carbocycles. The molecule has 0 radical (unpaired) electrons. The van der Waals surface area contributed by atoms with Crippen LogP contribution in [0.25, 0.3) is 10.8 Å². The molecule has 1 fully saturated rings. The van der Waals surface area contributed by atoms with Gasteiger partial charge in [-0.3, -0.25) is 4.79 Å². The average Bonchev–Trinajstić information content (AvgIpc) is 2.96. The molecule has 0 spiro atoms. The molecule has 2 aromatic rings. The van der Waals surface area contributed by atoms with Gasteiger partial charge < -0.3 is 11.1 Å². The number of hydrogen-bond acceptors (Lipinski definition) is 2. The largest absolute Gasteiger partial charge is 0.324 e. The molecule has 1 amide bonds. The number of aryl methyl sites for hydroxylation is 2. The van der Waals surface area contributed by atoms with Crippen molar-refractivity contribution in [2.75, 3.05) is 5.32 Å². The van der Waals surface area contributed by atoms with E-state index < -0.39 is 5.54 Å². The van der Waals surface area contributed by atoms with E-state index in [0.717, 1.165) is 49.6 Å². The molecule has 0 atom stereocenters. The number of halogens is 1. The maximum Gasteiger partial charge on any atom is 0.244 e. The van der Waals surface area contributed by atoms with Gasteiger partial charge in [0.1, 0.15) is 0 Å². The summed E-state index contributed by atoms with van der Waals surface area (Å²) in [6, 6.07) is 10.6. The van der Waals surface area contributed by atoms with E-state index in [0.29, 0.717) is 0 Å². The second-order valence-electron chi connectivity index (χ2n) is 6.78. The SMILES string of the molecule is Cl.NC1(C(=O)Nc2ccc3c4c(cccc24)CC3)CCCCC1. The molecule has 4 rings (SSSR count). The highest BCUT2D eigenvalue weighted by atomic mass is 35.5. The van der Waals surface area contributed by atoms with Crippen LogP contribution in [0.4, 0.5) is 5.69 Å². The standard InChI is InChI=1S/C19H22N2O.ClH/c20-19(11-2-1-3-12-19)18(22)21-16-10-9-14-8-7-13-5-4-6-15(16)17(13)14;/h4-6,9-10H,1-3,7-8,11-12,20H2,(H,21,22);1H. The van der Waals surface area contributed by atoms with Crippen LogP contribution in [0.1, 0.15) is 43.2 Å². The third kappa shape index (κ3) is 2.73. The van der Waals surface area contributed by atoms with Crippen molar-refractivity contribution < 1.29 is 4.79 Å². The number of carbonyl (C=O) groups excluding carboxylic acids is 1. The first-order valence-electron chi connectivity index (χ1n) is 8.31. The second kappa shape index (κ2) is 6.14. The zero-order chi connectivity index (χ0) is 15.2. The number of carbonyl (C=O) groups is 1. The van der Waals surface area contributed by atoms with Crippen LogP contribution in [-0.4, -0.2) is 11.4 Å². The number of benzene rings is 2. The summed E-state index contributed by atoms with van der Waals surface area (Å²) in [6.07, 6.45) is 7.07. The van der Waals surface area contributed by atoms with Crippen molar-refractivity contribution in [3.8, 4) is 0 Å². The molecule has 0 bridgehead atoms. The van der Waals surface area contributed by atoms with E-state index in [9.17, 15) is 4.79 Å². The summed E-state index contributed by atoms with van der Waals surface area (Å²) in [7, 11) is 0. The maximum atomic E-state index is 12.7. The number of nitrogens with two attached hydrogens (primary N) is 1. The number of anilines is 1. The third-order valence-electron chi connectivity index (χ3n) is 5.32. The Bertz CT molecular complexity index is 740. The van der Waals surface area contributed by atoms with Crippen molar-refractivity contribution in [3.63, 3.8) is 0 Å². The number of amides is 1. The van der Waals surface area contributed by atoms with Crippen molar-refractivity contribution >= 4 is 34.8 Å². The molecule has 0 aliphatic heterocycles. The molecule has 2 aliphatic rings. The molecule has 23 heavy (non-hydrogen) atoms. The van der Waals surface area contributed by atoms with E-state index in [-0.39, 0.29) is 18.3 Å².